The predicted molar refractivity (Wildman–Crippen MR) is 120 cm³/mol. The number of aromatic nitrogens is 1. The highest BCUT2D eigenvalue weighted by Crippen LogP contribution is 2.44. The van der Waals surface area contributed by atoms with E-state index in [9.17, 15) is 15.3 Å². The first-order valence-electron chi connectivity index (χ1n) is 9.72. The molecule has 7 heteroatoms. The Morgan fingerprint density at radius 3 is 2.59 bits per heavy atom. The fourth-order valence-corrected chi connectivity index (χ4v) is 3.90. The Labute approximate surface area is 184 Å². The van der Waals surface area contributed by atoms with Gasteiger partial charge in [-0.1, -0.05) is 18.2 Å². The molecule has 1 aliphatic carbocycles. The molecule has 0 aliphatic heterocycles. The van der Waals surface area contributed by atoms with Gasteiger partial charge in [0.05, 0.1) is 29.5 Å². The molecule has 3 aromatic rings. The Bertz CT molecular complexity index is 1430. The van der Waals surface area contributed by atoms with Crippen LogP contribution >= 0.6 is 0 Å². The van der Waals surface area contributed by atoms with Crippen molar-refractivity contribution in [3.05, 3.63) is 75.7 Å². The maximum absolute atomic E-state index is 12.1. The molecule has 0 bridgehead atoms. The Morgan fingerprint density at radius 1 is 1.16 bits per heavy atom. The first-order valence-corrected chi connectivity index (χ1v) is 9.72. The standard InChI is InChI=1S/C25H18N4O3/c1-13-18(22-14(2)20(12-27)24(28)29-23(22)19(13)11-26)10-15-8-9-21(32-15)16-6-4-5-7-17(16)25(30)31-3/h4-10H,1-3H3,(H2,28,29). The van der Waals surface area contributed by atoms with E-state index < -0.39 is 5.97 Å². The number of pyridine rings is 1. The minimum Gasteiger partial charge on any atom is -0.465 e. The summed E-state index contributed by atoms with van der Waals surface area (Å²) >= 11 is 0. The number of carbonyl (C=O) groups excluding carboxylic acids is 1. The Morgan fingerprint density at radius 2 is 1.91 bits per heavy atom. The lowest BCUT2D eigenvalue weighted by molar-refractivity contribution is 0.0601. The Hall–Kier alpha value is -4.62. The normalized spacial score (nSPS) is 13.6. The zero-order valence-electron chi connectivity index (χ0n) is 17.7. The highest BCUT2D eigenvalue weighted by molar-refractivity contribution is 6.08. The van der Waals surface area contributed by atoms with Gasteiger partial charge in [-0.2, -0.15) is 10.5 Å². The number of carbonyl (C=O) groups is 1. The van der Waals surface area contributed by atoms with Crippen LogP contribution in [0.5, 0.6) is 0 Å². The van der Waals surface area contributed by atoms with Gasteiger partial charge in [0.2, 0.25) is 0 Å². The van der Waals surface area contributed by atoms with Gasteiger partial charge in [0, 0.05) is 11.1 Å². The van der Waals surface area contributed by atoms with Crippen LogP contribution in [0.3, 0.4) is 0 Å². The molecule has 2 aromatic heterocycles. The lowest BCUT2D eigenvalue weighted by Crippen LogP contribution is -2.03. The van der Waals surface area contributed by atoms with E-state index in [4.69, 9.17) is 14.9 Å². The number of hydrogen-bond donors (Lipinski definition) is 1. The summed E-state index contributed by atoms with van der Waals surface area (Å²) in [5.74, 6) is 0.671. The van der Waals surface area contributed by atoms with Gasteiger partial charge >= 0.3 is 5.97 Å². The van der Waals surface area contributed by atoms with Crippen LogP contribution in [0.4, 0.5) is 5.82 Å². The Kier molecular flexibility index (Phi) is 5.10. The summed E-state index contributed by atoms with van der Waals surface area (Å²) in [5.41, 5.74) is 10.9. The minimum atomic E-state index is -0.456. The molecule has 0 saturated heterocycles. The molecule has 0 fully saturated rings. The number of esters is 1. The zero-order valence-corrected chi connectivity index (χ0v) is 17.7. The van der Waals surface area contributed by atoms with Crippen molar-refractivity contribution in [2.24, 2.45) is 0 Å². The molecular formula is C25H18N4O3. The van der Waals surface area contributed by atoms with E-state index in [1.807, 2.05) is 13.0 Å². The molecule has 0 radical (unpaired) electrons. The molecule has 0 amide bonds. The second-order valence-electron chi connectivity index (χ2n) is 7.24. The lowest BCUT2D eigenvalue weighted by Gasteiger charge is -2.10. The van der Waals surface area contributed by atoms with E-state index in [2.05, 4.69) is 17.1 Å². The van der Waals surface area contributed by atoms with Gasteiger partial charge in [0.15, 0.2) is 0 Å². The van der Waals surface area contributed by atoms with E-state index in [1.54, 1.807) is 43.3 Å². The van der Waals surface area contributed by atoms with Crippen LogP contribution in [0, 0.1) is 29.6 Å². The molecule has 0 unspecified atom stereocenters. The van der Waals surface area contributed by atoms with Gasteiger partial charge in [-0.3, -0.25) is 0 Å². The van der Waals surface area contributed by atoms with Crippen LogP contribution in [0.15, 0.2) is 46.4 Å². The molecule has 4 rings (SSSR count). The third kappa shape index (κ3) is 3.13. The number of rotatable bonds is 3. The molecule has 1 aliphatic rings. The summed E-state index contributed by atoms with van der Waals surface area (Å²) in [6.45, 7) is 3.61. The topological polar surface area (TPSA) is 126 Å². The quantitative estimate of drug-likeness (QED) is 0.604. The SMILES string of the molecule is COC(=O)c1ccccc1-c1ccc(C=C2C(C)=C(C#N)c3nc(N)c(C#N)c(C)c32)o1. The maximum Gasteiger partial charge on any atom is 0.338 e. The summed E-state index contributed by atoms with van der Waals surface area (Å²) in [7, 11) is 1.33. The van der Waals surface area contributed by atoms with Crippen molar-refractivity contribution in [3.8, 4) is 23.5 Å². The maximum atomic E-state index is 12.1. The van der Waals surface area contributed by atoms with Crippen LogP contribution in [-0.4, -0.2) is 18.1 Å². The van der Waals surface area contributed by atoms with Gasteiger partial charge in [0.25, 0.3) is 0 Å². The number of ether oxygens (including phenoxy) is 1. The lowest BCUT2D eigenvalue weighted by atomic mass is 9.96. The van der Waals surface area contributed by atoms with E-state index >= 15 is 0 Å². The molecule has 32 heavy (non-hydrogen) atoms. The van der Waals surface area contributed by atoms with Crippen LogP contribution < -0.4 is 5.73 Å². The second-order valence-corrected chi connectivity index (χ2v) is 7.24. The summed E-state index contributed by atoms with van der Waals surface area (Å²) in [6, 6.07) is 14.8. The fourth-order valence-electron chi connectivity index (χ4n) is 3.90. The summed E-state index contributed by atoms with van der Waals surface area (Å²) < 4.78 is 10.9. The molecule has 2 N–H and O–H groups in total. The third-order valence-corrected chi connectivity index (χ3v) is 5.50. The summed E-state index contributed by atoms with van der Waals surface area (Å²) in [6.07, 6.45) is 1.80. The van der Waals surface area contributed by atoms with Crippen molar-refractivity contribution in [2.75, 3.05) is 12.8 Å². The largest absolute Gasteiger partial charge is 0.465 e. The van der Waals surface area contributed by atoms with Crippen molar-refractivity contribution in [1.29, 1.82) is 10.5 Å². The van der Waals surface area contributed by atoms with Crippen molar-refractivity contribution in [1.82, 2.24) is 4.98 Å². The second kappa shape index (κ2) is 7.90. The van der Waals surface area contributed by atoms with E-state index in [0.29, 0.717) is 45.0 Å². The van der Waals surface area contributed by atoms with Crippen LogP contribution in [-0.2, 0) is 4.74 Å². The summed E-state index contributed by atoms with van der Waals surface area (Å²) in [5, 5.41) is 19.2. The molecule has 2 heterocycles. The van der Waals surface area contributed by atoms with Crippen molar-refractivity contribution < 1.29 is 13.9 Å². The number of allylic oxidation sites excluding steroid dienone is 3. The number of benzene rings is 1. The van der Waals surface area contributed by atoms with E-state index in [1.165, 1.54) is 7.11 Å². The Balaban J connectivity index is 1.86. The number of furan rings is 1. The predicted octanol–water partition coefficient (Wildman–Crippen LogP) is 4.74. The molecule has 0 atom stereocenters. The smallest absolute Gasteiger partial charge is 0.338 e. The third-order valence-electron chi connectivity index (χ3n) is 5.50. The van der Waals surface area contributed by atoms with Crippen LogP contribution in [0.25, 0.3) is 28.5 Å². The van der Waals surface area contributed by atoms with Gasteiger partial charge in [-0.15, -0.1) is 0 Å². The van der Waals surface area contributed by atoms with Gasteiger partial charge in [0.1, 0.15) is 29.5 Å². The number of nitriles is 2. The number of hydrogen-bond acceptors (Lipinski definition) is 7. The fraction of sp³-hybridized carbons (Fsp3) is 0.120. The number of methoxy groups -OCH3 is 1. The van der Waals surface area contributed by atoms with Gasteiger partial charge < -0.3 is 14.9 Å². The van der Waals surface area contributed by atoms with E-state index in [-0.39, 0.29) is 11.4 Å². The molecule has 0 spiro atoms. The average molecular weight is 422 g/mol. The van der Waals surface area contributed by atoms with Gasteiger partial charge in [-0.05, 0) is 54.8 Å². The summed E-state index contributed by atoms with van der Waals surface area (Å²) in [4.78, 5) is 16.4. The number of nitrogen functional groups attached to an aromatic ring is 1. The van der Waals surface area contributed by atoms with Crippen LogP contribution in [0.1, 0.15) is 45.4 Å². The number of nitrogens with zero attached hydrogens (tertiary/aromatic N) is 3. The number of fused-ring (bicyclic) bond motifs is 1. The number of nitrogens with two attached hydrogens (primary N) is 1. The average Bonchev–Trinajstić information content (AvgIpc) is 3.36. The first kappa shape index (κ1) is 20.6. The van der Waals surface area contributed by atoms with E-state index in [0.717, 1.165) is 11.1 Å². The minimum absolute atomic E-state index is 0.102. The molecule has 0 saturated carbocycles. The number of anilines is 1. The highest BCUT2D eigenvalue weighted by Gasteiger charge is 2.30. The first-order chi connectivity index (χ1) is 15.4. The molecule has 156 valence electrons. The van der Waals surface area contributed by atoms with Crippen LogP contribution in [0.2, 0.25) is 0 Å². The molecular weight excluding hydrogens is 404 g/mol. The monoisotopic (exact) mass is 422 g/mol. The van der Waals surface area contributed by atoms with Crippen molar-refractivity contribution in [2.45, 2.75) is 13.8 Å². The zero-order chi connectivity index (χ0) is 23.0. The molecule has 1 aromatic carbocycles. The molecule has 7 nitrogen and oxygen atoms in total. The van der Waals surface area contributed by atoms with Gasteiger partial charge in [-0.25, -0.2) is 9.78 Å². The van der Waals surface area contributed by atoms with Crippen molar-refractivity contribution in [3.63, 3.8) is 0 Å². The highest BCUT2D eigenvalue weighted by atomic mass is 16.5. The van der Waals surface area contributed by atoms with Crippen molar-refractivity contribution >= 4 is 29.0 Å².